The van der Waals surface area contributed by atoms with Gasteiger partial charge in [-0.3, -0.25) is 9.59 Å². The minimum atomic E-state index is -0.414. The Morgan fingerprint density at radius 3 is 2.53 bits per heavy atom. The van der Waals surface area contributed by atoms with Crippen LogP contribution in [0.15, 0.2) is 24.3 Å². The first kappa shape index (κ1) is 11.6. The molecule has 2 rings (SSSR count). The fraction of sp³-hybridized carbons (Fsp3) is 0.333. The first-order valence-electron chi connectivity index (χ1n) is 5.45. The Labute approximate surface area is 98.6 Å². The van der Waals surface area contributed by atoms with Gasteiger partial charge in [-0.25, -0.2) is 4.39 Å². The number of hydrogen-bond acceptors (Lipinski definition) is 2. The minimum Gasteiger partial charge on any atom is -0.342 e. The van der Waals surface area contributed by atoms with Crippen molar-refractivity contribution in [2.75, 3.05) is 26.2 Å². The molecular weight excluding hydrogens is 223 g/mol. The van der Waals surface area contributed by atoms with E-state index in [0.717, 1.165) is 6.41 Å². The van der Waals surface area contributed by atoms with Gasteiger partial charge in [-0.05, 0) is 18.2 Å². The fourth-order valence-corrected chi connectivity index (χ4v) is 1.83. The van der Waals surface area contributed by atoms with Gasteiger partial charge in [0, 0.05) is 31.7 Å². The standard InChI is InChI=1S/C12H13FN2O2/c13-11-3-1-2-10(8-11)12(17)15-6-4-14(9-16)5-7-15/h1-3,8-9H,4-7H2. The van der Waals surface area contributed by atoms with Crippen molar-refractivity contribution in [2.45, 2.75) is 0 Å². The van der Waals surface area contributed by atoms with Crippen molar-refractivity contribution < 1.29 is 14.0 Å². The van der Waals surface area contributed by atoms with Crippen LogP contribution in [-0.2, 0) is 4.79 Å². The van der Waals surface area contributed by atoms with Gasteiger partial charge in [-0.1, -0.05) is 6.07 Å². The zero-order valence-corrected chi connectivity index (χ0v) is 9.30. The summed E-state index contributed by atoms with van der Waals surface area (Å²) in [4.78, 5) is 25.8. The second kappa shape index (κ2) is 4.95. The van der Waals surface area contributed by atoms with Crippen LogP contribution in [0.5, 0.6) is 0 Å². The fourth-order valence-electron chi connectivity index (χ4n) is 1.83. The highest BCUT2D eigenvalue weighted by Crippen LogP contribution is 2.09. The molecule has 1 aliphatic heterocycles. The number of hydrogen-bond donors (Lipinski definition) is 0. The quantitative estimate of drug-likeness (QED) is 0.711. The molecule has 0 aromatic heterocycles. The van der Waals surface area contributed by atoms with Crippen molar-refractivity contribution in [1.29, 1.82) is 0 Å². The third-order valence-electron chi connectivity index (χ3n) is 2.82. The van der Waals surface area contributed by atoms with Crippen molar-refractivity contribution in [3.05, 3.63) is 35.6 Å². The van der Waals surface area contributed by atoms with E-state index in [0.29, 0.717) is 31.7 Å². The number of halogens is 1. The Hall–Kier alpha value is -1.91. The topological polar surface area (TPSA) is 40.6 Å². The van der Waals surface area contributed by atoms with Gasteiger partial charge < -0.3 is 9.80 Å². The van der Waals surface area contributed by atoms with Gasteiger partial charge in [0.05, 0.1) is 0 Å². The molecule has 0 unspecified atom stereocenters. The van der Waals surface area contributed by atoms with Crippen molar-refractivity contribution in [3.8, 4) is 0 Å². The first-order chi connectivity index (χ1) is 8.20. The Balaban J connectivity index is 2.04. The van der Waals surface area contributed by atoms with Gasteiger partial charge in [-0.15, -0.1) is 0 Å². The molecule has 1 fully saturated rings. The maximum absolute atomic E-state index is 13.0. The van der Waals surface area contributed by atoms with Crippen molar-refractivity contribution in [3.63, 3.8) is 0 Å². The number of rotatable bonds is 2. The molecule has 0 saturated carbocycles. The van der Waals surface area contributed by atoms with Crippen LogP contribution < -0.4 is 0 Å². The third kappa shape index (κ3) is 2.61. The highest BCUT2D eigenvalue weighted by Gasteiger charge is 2.21. The van der Waals surface area contributed by atoms with Gasteiger partial charge in [-0.2, -0.15) is 0 Å². The highest BCUT2D eigenvalue weighted by molar-refractivity contribution is 5.94. The second-order valence-electron chi connectivity index (χ2n) is 3.94. The van der Waals surface area contributed by atoms with Crippen LogP contribution in [0, 0.1) is 5.82 Å². The van der Waals surface area contributed by atoms with Crippen molar-refractivity contribution >= 4 is 12.3 Å². The lowest BCUT2D eigenvalue weighted by molar-refractivity contribution is -0.119. The lowest BCUT2D eigenvalue weighted by atomic mass is 10.2. The number of amides is 2. The maximum Gasteiger partial charge on any atom is 0.254 e. The summed E-state index contributed by atoms with van der Waals surface area (Å²) in [5.74, 6) is -0.600. The Morgan fingerprint density at radius 1 is 1.24 bits per heavy atom. The number of carbonyl (C=O) groups is 2. The van der Waals surface area contributed by atoms with Crippen LogP contribution in [0.25, 0.3) is 0 Å². The van der Waals surface area contributed by atoms with E-state index < -0.39 is 5.82 Å². The van der Waals surface area contributed by atoms with Gasteiger partial charge >= 0.3 is 0 Å². The molecular formula is C12H13FN2O2. The summed E-state index contributed by atoms with van der Waals surface area (Å²) < 4.78 is 13.0. The number of carbonyl (C=O) groups excluding carboxylic acids is 2. The van der Waals surface area contributed by atoms with E-state index in [-0.39, 0.29) is 5.91 Å². The average molecular weight is 236 g/mol. The lowest BCUT2D eigenvalue weighted by Gasteiger charge is -2.32. The number of benzene rings is 1. The molecule has 0 bridgehead atoms. The lowest BCUT2D eigenvalue weighted by Crippen LogP contribution is -2.48. The third-order valence-corrected chi connectivity index (χ3v) is 2.82. The Bertz CT molecular complexity index is 428. The molecule has 17 heavy (non-hydrogen) atoms. The van der Waals surface area contributed by atoms with E-state index in [4.69, 9.17) is 0 Å². The molecule has 1 aromatic rings. The molecule has 0 N–H and O–H groups in total. The molecule has 0 aliphatic carbocycles. The van der Waals surface area contributed by atoms with Crippen LogP contribution in [0.2, 0.25) is 0 Å². The molecule has 4 nitrogen and oxygen atoms in total. The monoisotopic (exact) mass is 236 g/mol. The molecule has 90 valence electrons. The normalized spacial score (nSPS) is 15.8. The highest BCUT2D eigenvalue weighted by atomic mass is 19.1. The Kier molecular flexibility index (Phi) is 3.37. The smallest absolute Gasteiger partial charge is 0.254 e. The zero-order chi connectivity index (χ0) is 12.3. The second-order valence-corrected chi connectivity index (χ2v) is 3.94. The van der Waals surface area contributed by atoms with Gasteiger partial charge in [0.2, 0.25) is 6.41 Å². The zero-order valence-electron chi connectivity index (χ0n) is 9.30. The predicted octanol–water partition coefficient (Wildman–Crippen LogP) is 0.740. The van der Waals surface area contributed by atoms with Crippen LogP contribution >= 0.6 is 0 Å². The molecule has 1 heterocycles. The summed E-state index contributed by atoms with van der Waals surface area (Å²) in [6.07, 6.45) is 0.782. The molecule has 1 aromatic carbocycles. The summed E-state index contributed by atoms with van der Waals surface area (Å²) >= 11 is 0. The van der Waals surface area contributed by atoms with Crippen LogP contribution in [-0.4, -0.2) is 48.3 Å². The summed E-state index contributed by atoms with van der Waals surface area (Å²) in [6.45, 7) is 2.05. The minimum absolute atomic E-state index is 0.185. The maximum atomic E-state index is 13.0. The van der Waals surface area contributed by atoms with E-state index in [9.17, 15) is 14.0 Å². The SMILES string of the molecule is O=CN1CCN(C(=O)c2cccc(F)c2)CC1. The number of piperazine rings is 1. The predicted molar refractivity (Wildman–Crippen MR) is 59.9 cm³/mol. The molecule has 0 spiro atoms. The van der Waals surface area contributed by atoms with Crippen molar-refractivity contribution in [2.24, 2.45) is 0 Å². The molecule has 0 atom stereocenters. The number of nitrogens with zero attached hydrogens (tertiary/aromatic N) is 2. The molecule has 1 saturated heterocycles. The summed E-state index contributed by atoms with van der Waals surface area (Å²) in [5.41, 5.74) is 0.351. The Morgan fingerprint density at radius 2 is 1.94 bits per heavy atom. The van der Waals surface area contributed by atoms with E-state index in [1.54, 1.807) is 15.9 Å². The largest absolute Gasteiger partial charge is 0.342 e. The van der Waals surface area contributed by atoms with Crippen LogP contribution in [0.3, 0.4) is 0 Å². The molecule has 0 radical (unpaired) electrons. The molecule has 1 aliphatic rings. The first-order valence-corrected chi connectivity index (χ1v) is 5.45. The molecule has 5 heteroatoms. The van der Waals surface area contributed by atoms with Gasteiger partial charge in [0.25, 0.3) is 5.91 Å². The van der Waals surface area contributed by atoms with Crippen LogP contribution in [0.1, 0.15) is 10.4 Å². The van der Waals surface area contributed by atoms with Crippen molar-refractivity contribution in [1.82, 2.24) is 9.80 Å². The summed E-state index contributed by atoms with van der Waals surface area (Å²) in [5, 5.41) is 0. The van der Waals surface area contributed by atoms with E-state index in [2.05, 4.69) is 0 Å². The van der Waals surface area contributed by atoms with Gasteiger partial charge in [0.15, 0.2) is 0 Å². The van der Waals surface area contributed by atoms with Crippen LogP contribution in [0.4, 0.5) is 4.39 Å². The summed E-state index contributed by atoms with van der Waals surface area (Å²) in [6, 6.07) is 5.65. The van der Waals surface area contributed by atoms with Gasteiger partial charge in [0.1, 0.15) is 5.82 Å². The summed E-state index contributed by atoms with van der Waals surface area (Å²) in [7, 11) is 0. The average Bonchev–Trinajstić information content (AvgIpc) is 2.38. The van der Waals surface area contributed by atoms with E-state index >= 15 is 0 Å². The molecule has 2 amide bonds. The van der Waals surface area contributed by atoms with E-state index in [1.165, 1.54) is 18.2 Å². The van der Waals surface area contributed by atoms with E-state index in [1.807, 2.05) is 0 Å².